The first kappa shape index (κ1) is 44.3. The predicted molar refractivity (Wildman–Crippen MR) is 201 cm³/mol. The molecule has 1 unspecified atom stereocenters. The number of carboxylic acid groups (broad SMARTS) is 1. The minimum atomic E-state index is -1.86. The highest BCUT2D eigenvalue weighted by Gasteiger charge is 2.37. The minimum Gasteiger partial charge on any atom is -0.480 e. The van der Waals surface area contributed by atoms with Gasteiger partial charge in [-0.15, -0.1) is 0 Å². The van der Waals surface area contributed by atoms with Gasteiger partial charge in [-0.2, -0.15) is 0 Å². The molecule has 7 atom stereocenters. The first-order valence-corrected chi connectivity index (χ1v) is 18.1. The largest absolute Gasteiger partial charge is 0.480 e. The molecule has 0 bridgehead atoms. The molecule has 0 spiro atoms. The summed E-state index contributed by atoms with van der Waals surface area (Å²) in [5.74, 6) is -6.19. The van der Waals surface area contributed by atoms with E-state index in [1.807, 2.05) is 0 Å². The van der Waals surface area contributed by atoms with Crippen LogP contribution >= 0.6 is 0 Å². The van der Waals surface area contributed by atoms with Crippen LogP contribution in [0.15, 0.2) is 60.7 Å². The molecule has 14 nitrogen and oxygen atoms in total. The molecule has 0 heterocycles. The second kappa shape index (κ2) is 21.0. The van der Waals surface area contributed by atoms with Gasteiger partial charge in [-0.25, -0.2) is 0 Å². The van der Waals surface area contributed by atoms with Crippen molar-refractivity contribution in [1.82, 2.24) is 26.6 Å². The number of rotatable bonds is 21. The van der Waals surface area contributed by atoms with Crippen LogP contribution in [0.25, 0.3) is 0 Å². The number of carboxylic acids is 1. The fraction of sp³-hybridized carbons (Fsp3) is 0.538. The van der Waals surface area contributed by atoms with E-state index in [2.05, 4.69) is 26.6 Å². The Bertz CT molecular complexity index is 1520. The number of carbonyl (C=O) groups is 6. The fourth-order valence-electron chi connectivity index (χ4n) is 5.79. The molecule has 0 aliphatic heterocycles. The molecule has 0 fully saturated rings. The Kier molecular flexibility index (Phi) is 17.6. The Morgan fingerprint density at radius 3 is 1.42 bits per heavy atom. The van der Waals surface area contributed by atoms with E-state index in [1.165, 1.54) is 0 Å². The highest BCUT2D eigenvalue weighted by Crippen LogP contribution is 2.14. The number of primary amides is 1. The van der Waals surface area contributed by atoms with Crippen molar-refractivity contribution in [2.45, 2.75) is 111 Å². The topological polar surface area (TPSA) is 229 Å². The molecular weight excluding hydrogens is 680 g/mol. The number of carbonyl (C=O) groups excluding carboxylic acids is 5. The highest BCUT2D eigenvalue weighted by atomic mass is 16.4. The lowest BCUT2D eigenvalue weighted by atomic mass is 9.96. The standard InChI is InChI=1S/C39H58N6O8/c1-21(2)29(34(40)47)44-37(50)31(23(5)6)45-35(48)28(20-26-17-13-10-14-18-26)42-38(51)33(46)27(19-25-15-11-9-12-16-25)41-36(49)30(22(3)4)43-32(24(7)8)39(52)53/h9-18,21-24,27-33,43,46H,19-20H2,1-8H3,(H2,40,47)(H,41,49)(H,42,51)(H,44,50)(H,45,48)(H,52,53)/t27-,28?,29-,30-,31-,32-,33-/m0/s1. The van der Waals surface area contributed by atoms with Gasteiger partial charge in [-0.3, -0.25) is 34.1 Å². The van der Waals surface area contributed by atoms with Gasteiger partial charge in [0.2, 0.25) is 23.6 Å². The van der Waals surface area contributed by atoms with E-state index in [9.17, 15) is 39.0 Å². The third kappa shape index (κ3) is 13.9. The summed E-state index contributed by atoms with van der Waals surface area (Å²) in [7, 11) is 0. The van der Waals surface area contributed by atoms with E-state index in [-0.39, 0.29) is 30.6 Å². The number of nitrogens with one attached hydrogen (secondary N) is 5. The zero-order chi connectivity index (χ0) is 40.0. The monoisotopic (exact) mass is 738 g/mol. The van der Waals surface area contributed by atoms with Crippen molar-refractivity contribution >= 4 is 35.5 Å². The molecule has 5 amide bonds. The van der Waals surface area contributed by atoms with E-state index in [4.69, 9.17) is 5.73 Å². The number of hydrogen-bond donors (Lipinski definition) is 8. The smallest absolute Gasteiger partial charge is 0.320 e. The van der Waals surface area contributed by atoms with Crippen molar-refractivity contribution in [3.63, 3.8) is 0 Å². The van der Waals surface area contributed by atoms with Crippen LogP contribution in [-0.2, 0) is 41.6 Å². The van der Waals surface area contributed by atoms with Crippen LogP contribution in [0.4, 0.5) is 0 Å². The number of benzene rings is 2. The number of aliphatic hydroxyl groups excluding tert-OH is 1. The summed E-state index contributed by atoms with van der Waals surface area (Å²) in [6, 6.07) is 11.2. The molecule has 0 aliphatic carbocycles. The maximum Gasteiger partial charge on any atom is 0.320 e. The molecule has 0 aliphatic rings. The van der Waals surface area contributed by atoms with Gasteiger partial charge in [-0.05, 0) is 41.2 Å². The Morgan fingerprint density at radius 2 is 0.981 bits per heavy atom. The average molecular weight is 739 g/mol. The lowest BCUT2D eigenvalue weighted by Gasteiger charge is -2.31. The molecule has 0 radical (unpaired) electrons. The minimum absolute atomic E-state index is 0.00565. The quantitative estimate of drug-likeness (QED) is 0.0922. The molecular formula is C39H58N6O8. The van der Waals surface area contributed by atoms with Crippen molar-refractivity contribution in [1.29, 1.82) is 0 Å². The molecule has 292 valence electrons. The van der Waals surface area contributed by atoms with E-state index in [1.54, 1.807) is 116 Å². The summed E-state index contributed by atoms with van der Waals surface area (Å²) in [6.07, 6.45) is -1.83. The van der Waals surface area contributed by atoms with Gasteiger partial charge < -0.3 is 37.2 Å². The highest BCUT2D eigenvalue weighted by molar-refractivity contribution is 5.95. The summed E-state index contributed by atoms with van der Waals surface area (Å²) in [6.45, 7) is 13.8. The van der Waals surface area contributed by atoms with Crippen molar-refractivity contribution in [2.24, 2.45) is 29.4 Å². The van der Waals surface area contributed by atoms with E-state index < -0.39 is 83.8 Å². The van der Waals surface area contributed by atoms with Crippen LogP contribution in [0.3, 0.4) is 0 Å². The van der Waals surface area contributed by atoms with Gasteiger partial charge in [0.25, 0.3) is 5.91 Å². The zero-order valence-electron chi connectivity index (χ0n) is 32.0. The number of aliphatic carboxylic acids is 1. The molecule has 9 N–H and O–H groups in total. The third-order valence-electron chi connectivity index (χ3n) is 8.95. The van der Waals surface area contributed by atoms with E-state index in [0.717, 1.165) is 0 Å². The van der Waals surface area contributed by atoms with Crippen LogP contribution in [0.1, 0.15) is 66.5 Å². The number of nitrogens with two attached hydrogens (primary N) is 1. The molecule has 53 heavy (non-hydrogen) atoms. The molecule has 0 aromatic heterocycles. The van der Waals surface area contributed by atoms with Crippen LogP contribution < -0.4 is 32.3 Å². The molecule has 0 saturated heterocycles. The second-order valence-electron chi connectivity index (χ2n) is 14.8. The predicted octanol–water partition coefficient (Wildman–Crippen LogP) is 1.29. The lowest BCUT2D eigenvalue weighted by Crippen LogP contribution is -2.61. The van der Waals surface area contributed by atoms with E-state index >= 15 is 0 Å². The average Bonchev–Trinajstić information content (AvgIpc) is 3.08. The van der Waals surface area contributed by atoms with Crippen molar-refractivity contribution in [2.75, 3.05) is 0 Å². The molecule has 2 aromatic rings. The van der Waals surface area contributed by atoms with Crippen LogP contribution in [0.5, 0.6) is 0 Å². The van der Waals surface area contributed by atoms with Crippen molar-refractivity contribution in [3.8, 4) is 0 Å². The molecule has 0 saturated carbocycles. The van der Waals surface area contributed by atoms with Crippen LogP contribution in [0.2, 0.25) is 0 Å². The van der Waals surface area contributed by atoms with Gasteiger partial charge in [0, 0.05) is 6.42 Å². The molecule has 2 aromatic carbocycles. The Labute approximate surface area is 312 Å². The molecule has 14 heteroatoms. The Morgan fingerprint density at radius 1 is 0.547 bits per heavy atom. The van der Waals surface area contributed by atoms with Crippen molar-refractivity contribution < 1.29 is 39.0 Å². The summed E-state index contributed by atoms with van der Waals surface area (Å²) < 4.78 is 0. The van der Waals surface area contributed by atoms with Crippen molar-refractivity contribution in [3.05, 3.63) is 71.8 Å². The zero-order valence-corrected chi connectivity index (χ0v) is 32.0. The van der Waals surface area contributed by atoms with Gasteiger partial charge in [0.15, 0.2) is 6.10 Å². The Hall–Kier alpha value is -4.82. The second-order valence-corrected chi connectivity index (χ2v) is 14.8. The first-order valence-electron chi connectivity index (χ1n) is 18.1. The summed E-state index contributed by atoms with van der Waals surface area (Å²) in [4.78, 5) is 78.7. The third-order valence-corrected chi connectivity index (χ3v) is 8.95. The van der Waals surface area contributed by atoms with Crippen LogP contribution in [-0.4, -0.2) is 88.1 Å². The number of amides is 5. The molecule has 2 rings (SSSR count). The number of hydrogen-bond acceptors (Lipinski definition) is 8. The first-order chi connectivity index (χ1) is 24.8. The SMILES string of the molecule is CC(C)[C@H](NC(=O)[C@@H](NC(=O)C(Cc1ccccc1)NC(=O)[C@@H](O)[C@H](Cc1ccccc1)NC(=O)[C@@H](N[C@H](C(=O)O)C(C)C)C(C)C)C(C)C)C(N)=O. The Balaban J connectivity index is 2.42. The fourth-order valence-corrected chi connectivity index (χ4v) is 5.79. The maximum absolute atomic E-state index is 13.9. The summed E-state index contributed by atoms with van der Waals surface area (Å²) in [5.41, 5.74) is 6.87. The van der Waals surface area contributed by atoms with Gasteiger partial charge in [-0.1, -0.05) is 116 Å². The van der Waals surface area contributed by atoms with E-state index in [0.29, 0.717) is 11.1 Å². The van der Waals surface area contributed by atoms with Gasteiger partial charge in [0.05, 0.1) is 12.1 Å². The lowest BCUT2D eigenvalue weighted by molar-refractivity contribution is -0.141. The van der Waals surface area contributed by atoms with Crippen LogP contribution in [0, 0.1) is 23.7 Å². The van der Waals surface area contributed by atoms with Gasteiger partial charge >= 0.3 is 5.97 Å². The number of aliphatic hydroxyl groups is 1. The normalized spacial score (nSPS) is 15.5. The summed E-state index contributed by atoms with van der Waals surface area (Å²) in [5, 5.41) is 34.9. The van der Waals surface area contributed by atoms with Gasteiger partial charge in [0.1, 0.15) is 24.2 Å². The maximum atomic E-state index is 13.9. The summed E-state index contributed by atoms with van der Waals surface area (Å²) >= 11 is 0.